The molecule has 6 nitrogen and oxygen atoms in total. The van der Waals surface area contributed by atoms with Gasteiger partial charge in [-0.05, 0) is 48.9 Å². The molecule has 2 aliphatic heterocycles. The number of hydrogen-bond acceptors (Lipinski definition) is 3. The largest absolute Gasteiger partial charge is 0.342 e. The van der Waals surface area contributed by atoms with Gasteiger partial charge in [0.15, 0.2) is 0 Å². The van der Waals surface area contributed by atoms with E-state index in [2.05, 4.69) is 45.1 Å². The Morgan fingerprint density at radius 1 is 0.788 bits per heavy atom. The maximum Gasteiger partial charge on any atom is 0.282 e. The highest BCUT2D eigenvalue weighted by Crippen LogP contribution is 2.28. The SMILES string of the molecule is Cc1ccn(-c2ccc(Cn3cc4c(=O)n(-c5ccccc5)nc-4c4ccccc43)cc2)n1. The summed E-state index contributed by atoms with van der Waals surface area (Å²) in [6, 6.07) is 28.0. The van der Waals surface area contributed by atoms with Crippen molar-refractivity contribution in [1.29, 1.82) is 0 Å². The van der Waals surface area contributed by atoms with Crippen LogP contribution >= 0.6 is 0 Å². The number of aromatic nitrogens is 5. The van der Waals surface area contributed by atoms with Crippen LogP contribution in [-0.4, -0.2) is 24.1 Å². The first-order valence-corrected chi connectivity index (χ1v) is 10.9. The first-order chi connectivity index (χ1) is 16.2. The van der Waals surface area contributed by atoms with E-state index in [1.165, 1.54) is 4.68 Å². The third kappa shape index (κ3) is 3.32. The average molecular weight is 431 g/mol. The Hall–Kier alpha value is -4.45. The minimum atomic E-state index is -0.111. The first kappa shape index (κ1) is 19.3. The van der Waals surface area contributed by atoms with Crippen LogP contribution in [0, 0.1) is 6.92 Å². The van der Waals surface area contributed by atoms with E-state index in [1.807, 2.05) is 78.6 Å². The lowest BCUT2D eigenvalue weighted by Crippen LogP contribution is -2.15. The molecule has 0 atom stereocenters. The first-order valence-electron chi connectivity index (χ1n) is 10.9. The molecule has 6 rings (SSSR count). The number of fused-ring (bicyclic) bond motifs is 3. The zero-order chi connectivity index (χ0) is 22.4. The fourth-order valence-corrected chi connectivity index (χ4v) is 4.26. The number of rotatable bonds is 4. The Labute approximate surface area is 190 Å². The van der Waals surface area contributed by atoms with Crippen LogP contribution in [0.4, 0.5) is 0 Å². The second kappa shape index (κ2) is 7.60. The number of benzene rings is 3. The van der Waals surface area contributed by atoms with Crippen LogP contribution in [0.2, 0.25) is 0 Å². The highest BCUT2D eigenvalue weighted by Gasteiger charge is 2.20. The Kier molecular flexibility index (Phi) is 4.43. The fraction of sp³-hybridized carbons (Fsp3) is 0.0741. The third-order valence-corrected chi connectivity index (χ3v) is 5.91. The molecule has 0 radical (unpaired) electrons. The molecule has 160 valence electrons. The number of para-hydroxylation sites is 2. The van der Waals surface area contributed by atoms with E-state index in [9.17, 15) is 4.79 Å². The van der Waals surface area contributed by atoms with Crippen LogP contribution in [0.15, 0.2) is 102 Å². The monoisotopic (exact) mass is 431 g/mol. The highest BCUT2D eigenvalue weighted by molar-refractivity contribution is 5.93. The van der Waals surface area contributed by atoms with Crippen LogP contribution in [0.5, 0.6) is 0 Å². The molecule has 6 heteroatoms. The van der Waals surface area contributed by atoms with Gasteiger partial charge in [0.05, 0.1) is 28.1 Å². The Morgan fingerprint density at radius 2 is 1.55 bits per heavy atom. The van der Waals surface area contributed by atoms with Crippen molar-refractivity contribution in [3.8, 4) is 22.6 Å². The van der Waals surface area contributed by atoms with Crippen LogP contribution in [0.3, 0.4) is 0 Å². The maximum atomic E-state index is 13.3. The second-order valence-electron chi connectivity index (χ2n) is 8.16. The van der Waals surface area contributed by atoms with Gasteiger partial charge in [-0.3, -0.25) is 4.79 Å². The van der Waals surface area contributed by atoms with E-state index in [0.717, 1.165) is 39.2 Å². The number of hydrogen-bond donors (Lipinski definition) is 0. The van der Waals surface area contributed by atoms with Gasteiger partial charge in [0.1, 0.15) is 5.69 Å². The summed E-state index contributed by atoms with van der Waals surface area (Å²) in [7, 11) is 0. The minimum Gasteiger partial charge on any atom is -0.342 e. The average Bonchev–Trinajstić information content (AvgIpc) is 3.44. The molecule has 33 heavy (non-hydrogen) atoms. The molecule has 0 amide bonds. The zero-order valence-corrected chi connectivity index (χ0v) is 18.1. The van der Waals surface area contributed by atoms with Gasteiger partial charge in [0.25, 0.3) is 5.56 Å². The zero-order valence-electron chi connectivity index (χ0n) is 18.1. The predicted octanol–water partition coefficient (Wildman–Crippen LogP) is 4.83. The molecule has 3 heterocycles. The van der Waals surface area contributed by atoms with E-state index in [-0.39, 0.29) is 5.56 Å². The molecular formula is C27H21N5O. The van der Waals surface area contributed by atoms with Crippen LogP contribution in [-0.2, 0) is 6.54 Å². The van der Waals surface area contributed by atoms with Crippen molar-refractivity contribution in [2.24, 2.45) is 0 Å². The van der Waals surface area contributed by atoms with Gasteiger partial charge in [-0.1, -0.05) is 48.5 Å². The molecule has 3 aromatic carbocycles. The summed E-state index contributed by atoms with van der Waals surface area (Å²) in [4.78, 5) is 13.3. The second-order valence-corrected chi connectivity index (χ2v) is 8.16. The lowest BCUT2D eigenvalue weighted by molar-refractivity contribution is 0.822. The third-order valence-electron chi connectivity index (χ3n) is 5.91. The molecule has 0 bridgehead atoms. The normalized spacial score (nSPS) is 11.4. The molecule has 0 unspecified atom stereocenters. The van der Waals surface area contributed by atoms with E-state index in [1.54, 1.807) is 0 Å². The van der Waals surface area contributed by atoms with Crippen molar-refractivity contribution in [2.75, 3.05) is 0 Å². The lowest BCUT2D eigenvalue weighted by Gasteiger charge is -2.14. The quantitative estimate of drug-likeness (QED) is 0.402. The fourth-order valence-electron chi connectivity index (χ4n) is 4.26. The maximum absolute atomic E-state index is 13.3. The minimum absolute atomic E-state index is 0.111. The standard InChI is InChI=1S/C27H21N5O/c1-19-15-16-31(28-19)21-13-11-20(12-14-21)17-30-18-24-26(23-9-5-6-10-25(23)30)29-32(27(24)33)22-7-3-2-4-8-22/h2-16,18H,17H2,1H3. The molecule has 0 N–H and O–H groups in total. The molecule has 0 fully saturated rings. The summed E-state index contributed by atoms with van der Waals surface area (Å²) in [5.74, 6) is 0. The molecule has 0 aliphatic carbocycles. The van der Waals surface area contributed by atoms with Crippen LogP contribution < -0.4 is 5.56 Å². The molecule has 2 aliphatic rings. The summed E-state index contributed by atoms with van der Waals surface area (Å²) in [5.41, 5.74) is 6.16. The molecule has 0 spiro atoms. The Balaban J connectivity index is 1.45. The van der Waals surface area contributed by atoms with Crippen molar-refractivity contribution in [1.82, 2.24) is 24.1 Å². The van der Waals surface area contributed by atoms with Crippen molar-refractivity contribution in [3.63, 3.8) is 0 Å². The molecule has 1 aromatic heterocycles. The predicted molar refractivity (Wildman–Crippen MR) is 129 cm³/mol. The van der Waals surface area contributed by atoms with E-state index in [0.29, 0.717) is 12.1 Å². The number of aryl methyl sites for hydroxylation is 1. The van der Waals surface area contributed by atoms with Crippen LogP contribution in [0.25, 0.3) is 33.5 Å². The summed E-state index contributed by atoms with van der Waals surface area (Å²) in [5, 5.41) is 10.1. The van der Waals surface area contributed by atoms with Gasteiger partial charge in [0, 0.05) is 24.3 Å². The Morgan fingerprint density at radius 3 is 2.30 bits per heavy atom. The van der Waals surface area contributed by atoms with E-state index >= 15 is 0 Å². The van der Waals surface area contributed by atoms with E-state index in [4.69, 9.17) is 0 Å². The van der Waals surface area contributed by atoms with Gasteiger partial charge < -0.3 is 4.57 Å². The summed E-state index contributed by atoms with van der Waals surface area (Å²) < 4.78 is 5.49. The van der Waals surface area contributed by atoms with Gasteiger partial charge in [-0.25, -0.2) is 4.68 Å². The summed E-state index contributed by atoms with van der Waals surface area (Å²) in [6.45, 7) is 2.62. The van der Waals surface area contributed by atoms with Gasteiger partial charge in [-0.15, -0.1) is 0 Å². The van der Waals surface area contributed by atoms with Gasteiger partial charge in [0.2, 0.25) is 0 Å². The molecular weight excluding hydrogens is 410 g/mol. The summed E-state index contributed by atoms with van der Waals surface area (Å²) in [6.07, 6.45) is 3.89. The smallest absolute Gasteiger partial charge is 0.282 e. The van der Waals surface area contributed by atoms with Gasteiger partial charge in [-0.2, -0.15) is 14.9 Å². The molecule has 4 aromatic rings. The van der Waals surface area contributed by atoms with Crippen molar-refractivity contribution < 1.29 is 0 Å². The van der Waals surface area contributed by atoms with Crippen LogP contribution in [0.1, 0.15) is 11.3 Å². The lowest BCUT2D eigenvalue weighted by atomic mass is 10.1. The summed E-state index contributed by atoms with van der Waals surface area (Å²) >= 11 is 0. The van der Waals surface area contributed by atoms with E-state index < -0.39 is 0 Å². The molecule has 0 saturated carbocycles. The molecule has 0 saturated heterocycles. The van der Waals surface area contributed by atoms with Crippen molar-refractivity contribution in [3.05, 3.63) is 119 Å². The van der Waals surface area contributed by atoms with Crippen molar-refractivity contribution >= 4 is 10.9 Å². The van der Waals surface area contributed by atoms with Crippen molar-refractivity contribution in [2.45, 2.75) is 13.5 Å². The topological polar surface area (TPSA) is 57.6 Å². The number of nitrogens with zero attached hydrogens (tertiary/aromatic N) is 5. The van der Waals surface area contributed by atoms with Gasteiger partial charge >= 0.3 is 0 Å². The number of pyridine rings is 1. The highest BCUT2D eigenvalue weighted by atomic mass is 16.1. The Bertz CT molecular complexity index is 1610.